The summed E-state index contributed by atoms with van der Waals surface area (Å²) in [6.07, 6.45) is 6.77. The first kappa shape index (κ1) is 10.1. The van der Waals surface area contributed by atoms with E-state index in [0.717, 1.165) is 12.8 Å². The van der Waals surface area contributed by atoms with Crippen molar-refractivity contribution in [3.05, 3.63) is 11.1 Å². The van der Waals surface area contributed by atoms with E-state index in [0.29, 0.717) is 6.04 Å². The third kappa shape index (κ3) is 2.24. The normalized spacial score (nSPS) is 22.8. The third-order valence-corrected chi connectivity index (χ3v) is 3.06. The Balaban J connectivity index is 2.63. The number of hydrogen-bond donors (Lipinski definition) is 0. The molecular formula is C11H18N2. The lowest BCUT2D eigenvalue weighted by atomic mass is 9.87. The van der Waals surface area contributed by atoms with Crippen LogP contribution in [-0.4, -0.2) is 18.0 Å². The maximum atomic E-state index is 8.76. The van der Waals surface area contributed by atoms with Crippen molar-refractivity contribution in [2.24, 2.45) is 0 Å². The van der Waals surface area contributed by atoms with Gasteiger partial charge in [-0.05, 0) is 32.6 Å². The van der Waals surface area contributed by atoms with Crippen molar-refractivity contribution in [1.29, 1.82) is 5.26 Å². The average molecular weight is 178 g/mol. The maximum absolute atomic E-state index is 8.76. The summed E-state index contributed by atoms with van der Waals surface area (Å²) in [7, 11) is 1.88. The number of allylic oxidation sites excluding steroid dienone is 1. The molecule has 0 amide bonds. The molecule has 0 N–H and O–H groups in total. The van der Waals surface area contributed by atoms with Gasteiger partial charge in [0.2, 0.25) is 0 Å². The van der Waals surface area contributed by atoms with Crippen LogP contribution in [0.15, 0.2) is 11.1 Å². The van der Waals surface area contributed by atoms with E-state index in [9.17, 15) is 0 Å². The smallest absolute Gasteiger partial charge is 0.179 e. The Morgan fingerprint density at radius 1 is 1.62 bits per heavy atom. The number of rotatable bonds is 2. The van der Waals surface area contributed by atoms with Gasteiger partial charge >= 0.3 is 0 Å². The van der Waals surface area contributed by atoms with E-state index in [1.807, 2.05) is 7.05 Å². The Bertz CT molecular complexity index is 247. The molecule has 13 heavy (non-hydrogen) atoms. The predicted octanol–water partition coefficient (Wildman–Crippen LogP) is 2.68. The van der Waals surface area contributed by atoms with Gasteiger partial charge < -0.3 is 4.90 Å². The highest BCUT2D eigenvalue weighted by Gasteiger charge is 2.20. The van der Waals surface area contributed by atoms with Gasteiger partial charge in [0.1, 0.15) is 0 Å². The second-order valence-corrected chi connectivity index (χ2v) is 3.84. The third-order valence-electron chi connectivity index (χ3n) is 3.06. The fourth-order valence-electron chi connectivity index (χ4n) is 2.04. The van der Waals surface area contributed by atoms with Crippen molar-refractivity contribution >= 4 is 0 Å². The van der Waals surface area contributed by atoms with Crippen molar-refractivity contribution in [2.75, 3.05) is 7.05 Å². The molecule has 0 saturated heterocycles. The lowest BCUT2D eigenvalue weighted by Gasteiger charge is -2.29. The second-order valence-electron chi connectivity index (χ2n) is 3.84. The minimum absolute atomic E-state index is 0.445. The minimum Gasteiger partial charge on any atom is -0.310 e. The molecule has 2 heteroatoms. The van der Waals surface area contributed by atoms with Gasteiger partial charge in [-0.25, -0.2) is 0 Å². The molecule has 1 unspecified atom stereocenters. The standard InChI is InChI=1S/C11H18N2/c1-4-10-5-6-11(7-9(10)2)13(3)8-12/h11H,4-7H2,1-3H3. The van der Waals surface area contributed by atoms with E-state index >= 15 is 0 Å². The lowest BCUT2D eigenvalue weighted by Crippen LogP contribution is -2.30. The van der Waals surface area contributed by atoms with Crippen molar-refractivity contribution in [2.45, 2.75) is 45.6 Å². The molecule has 72 valence electrons. The summed E-state index contributed by atoms with van der Waals surface area (Å²) < 4.78 is 0. The first-order valence-corrected chi connectivity index (χ1v) is 4.99. The van der Waals surface area contributed by atoms with E-state index in [1.54, 1.807) is 10.5 Å². The monoisotopic (exact) mass is 178 g/mol. The summed E-state index contributed by atoms with van der Waals surface area (Å²) in [5.74, 6) is 0. The molecule has 0 heterocycles. The summed E-state index contributed by atoms with van der Waals surface area (Å²) in [6.45, 7) is 4.42. The molecule has 1 aliphatic carbocycles. The molecular weight excluding hydrogens is 160 g/mol. The molecule has 0 aromatic rings. The second kappa shape index (κ2) is 4.32. The van der Waals surface area contributed by atoms with Crippen molar-refractivity contribution in [3.8, 4) is 6.19 Å². The highest BCUT2D eigenvalue weighted by atomic mass is 15.1. The van der Waals surface area contributed by atoms with Gasteiger partial charge in [-0.1, -0.05) is 18.1 Å². The molecule has 0 aromatic carbocycles. The minimum atomic E-state index is 0.445. The van der Waals surface area contributed by atoms with E-state index in [-0.39, 0.29) is 0 Å². The Morgan fingerprint density at radius 3 is 2.77 bits per heavy atom. The molecule has 0 fully saturated rings. The van der Waals surface area contributed by atoms with Crippen LogP contribution < -0.4 is 0 Å². The zero-order valence-corrected chi connectivity index (χ0v) is 8.80. The van der Waals surface area contributed by atoms with Gasteiger partial charge in [-0.2, -0.15) is 5.26 Å². The zero-order valence-electron chi connectivity index (χ0n) is 8.80. The average Bonchev–Trinajstić information content (AvgIpc) is 2.16. The van der Waals surface area contributed by atoms with Crippen LogP contribution >= 0.6 is 0 Å². The molecule has 0 radical (unpaired) electrons. The lowest BCUT2D eigenvalue weighted by molar-refractivity contribution is 0.309. The van der Waals surface area contributed by atoms with Crippen LogP contribution in [0.1, 0.15) is 39.5 Å². The summed E-state index contributed by atoms with van der Waals surface area (Å²) in [5.41, 5.74) is 3.10. The Morgan fingerprint density at radius 2 is 2.31 bits per heavy atom. The van der Waals surface area contributed by atoms with Crippen LogP contribution in [-0.2, 0) is 0 Å². The van der Waals surface area contributed by atoms with Crippen LogP contribution in [0, 0.1) is 11.5 Å². The van der Waals surface area contributed by atoms with E-state index in [1.165, 1.54) is 18.4 Å². The Kier molecular flexibility index (Phi) is 3.36. The maximum Gasteiger partial charge on any atom is 0.179 e. The summed E-state index contributed by atoms with van der Waals surface area (Å²) in [5, 5.41) is 8.76. The van der Waals surface area contributed by atoms with Gasteiger partial charge in [0.15, 0.2) is 6.19 Å². The molecule has 0 aliphatic heterocycles. The number of hydrogen-bond acceptors (Lipinski definition) is 2. The van der Waals surface area contributed by atoms with E-state index < -0.39 is 0 Å². The van der Waals surface area contributed by atoms with Crippen LogP contribution in [0.5, 0.6) is 0 Å². The molecule has 0 aromatic heterocycles. The molecule has 0 bridgehead atoms. The van der Waals surface area contributed by atoms with Crippen LogP contribution in [0.4, 0.5) is 0 Å². The highest BCUT2D eigenvalue weighted by molar-refractivity contribution is 5.17. The highest BCUT2D eigenvalue weighted by Crippen LogP contribution is 2.28. The first-order valence-electron chi connectivity index (χ1n) is 4.99. The predicted molar refractivity (Wildman–Crippen MR) is 54.0 cm³/mol. The summed E-state index contributed by atoms with van der Waals surface area (Å²) in [6, 6.07) is 0.445. The number of nitriles is 1. The van der Waals surface area contributed by atoms with Crippen LogP contribution in [0.25, 0.3) is 0 Å². The fourth-order valence-corrected chi connectivity index (χ4v) is 2.04. The Hall–Kier alpha value is -0.970. The summed E-state index contributed by atoms with van der Waals surface area (Å²) in [4.78, 5) is 1.79. The molecule has 2 nitrogen and oxygen atoms in total. The first-order chi connectivity index (χ1) is 6.19. The fraction of sp³-hybridized carbons (Fsp3) is 0.727. The topological polar surface area (TPSA) is 27.0 Å². The van der Waals surface area contributed by atoms with Gasteiger partial charge in [0, 0.05) is 13.1 Å². The van der Waals surface area contributed by atoms with Gasteiger partial charge in [0.25, 0.3) is 0 Å². The largest absolute Gasteiger partial charge is 0.310 e. The van der Waals surface area contributed by atoms with Crippen LogP contribution in [0.2, 0.25) is 0 Å². The zero-order chi connectivity index (χ0) is 9.84. The molecule has 1 rings (SSSR count). The van der Waals surface area contributed by atoms with Gasteiger partial charge in [0.05, 0.1) is 0 Å². The molecule has 0 spiro atoms. The molecule has 1 aliphatic rings. The SMILES string of the molecule is CCC1=C(C)CC(N(C)C#N)CC1. The summed E-state index contributed by atoms with van der Waals surface area (Å²) >= 11 is 0. The van der Waals surface area contributed by atoms with E-state index in [4.69, 9.17) is 5.26 Å². The quantitative estimate of drug-likeness (QED) is 0.369. The van der Waals surface area contributed by atoms with Crippen molar-refractivity contribution in [3.63, 3.8) is 0 Å². The van der Waals surface area contributed by atoms with Crippen molar-refractivity contribution in [1.82, 2.24) is 4.90 Å². The molecule has 1 atom stereocenters. The van der Waals surface area contributed by atoms with E-state index in [2.05, 4.69) is 20.0 Å². The van der Waals surface area contributed by atoms with Crippen LogP contribution in [0.3, 0.4) is 0 Å². The van der Waals surface area contributed by atoms with Gasteiger partial charge in [-0.15, -0.1) is 0 Å². The van der Waals surface area contributed by atoms with Gasteiger partial charge in [-0.3, -0.25) is 0 Å². The Labute approximate surface area is 80.8 Å². The molecule has 0 saturated carbocycles. The number of nitrogens with zero attached hydrogens (tertiary/aromatic N) is 2. The van der Waals surface area contributed by atoms with Crippen molar-refractivity contribution < 1.29 is 0 Å².